The summed E-state index contributed by atoms with van der Waals surface area (Å²) in [6, 6.07) is 10.8. The normalized spacial score (nSPS) is 11.8. The summed E-state index contributed by atoms with van der Waals surface area (Å²) in [5.41, 5.74) is 6.97. The zero-order valence-electron chi connectivity index (χ0n) is 10.4. The van der Waals surface area contributed by atoms with Crippen LogP contribution in [0.2, 0.25) is 0 Å². The van der Waals surface area contributed by atoms with E-state index < -0.39 is 11.9 Å². The average Bonchev–Trinajstić information content (AvgIpc) is 2.88. The maximum atomic E-state index is 12.1. The zero-order valence-corrected chi connectivity index (χ0v) is 11.2. The second-order valence-electron chi connectivity index (χ2n) is 4.13. The highest BCUT2D eigenvalue weighted by Crippen LogP contribution is 2.28. The minimum Gasteiger partial charge on any atom is -0.368 e. The van der Waals surface area contributed by atoms with Gasteiger partial charge in [-0.15, -0.1) is 11.3 Å². The van der Waals surface area contributed by atoms with Crippen LogP contribution in [0.3, 0.4) is 0 Å². The van der Waals surface area contributed by atoms with E-state index >= 15 is 0 Å². The van der Waals surface area contributed by atoms with Gasteiger partial charge in [-0.2, -0.15) is 0 Å². The first-order valence-corrected chi connectivity index (χ1v) is 6.70. The number of hydrogen-bond donors (Lipinski definition) is 2. The Morgan fingerprint density at radius 3 is 2.53 bits per heavy atom. The lowest BCUT2D eigenvalue weighted by molar-refractivity contribution is -0.119. The molecule has 0 bridgehead atoms. The highest BCUT2D eigenvalue weighted by molar-refractivity contribution is 7.12. The largest absolute Gasteiger partial charge is 0.368 e. The Bertz CT molecular complexity index is 593. The summed E-state index contributed by atoms with van der Waals surface area (Å²) >= 11 is 1.34. The Kier molecular flexibility index (Phi) is 3.97. The van der Waals surface area contributed by atoms with Gasteiger partial charge in [-0.25, -0.2) is 0 Å². The van der Waals surface area contributed by atoms with E-state index in [0.717, 1.165) is 11.1 Å². The number of rotatable bonds is 4. The molecule has 0 spiro atoms. The van der Waals surface area contributed by atoms with E-state index in [1.807, 2.05) is 41.8 Å². The summed E-state index contributed by atoms with van der Waals surface area (Å²) in [6.45, 7) is 1.57. The number of nitrogens with one attached hydrogen (secondary N) is 1. The molecule has 1 aromatic heterocycles. The van der Waals surface area contributed by atoms with Gasteiger partial charge in [0.15, 0.2) is 0 Å². The van der Waals surface area contributed by atoms with Crippen LogP contribution in [-0.4, -0.2) is 17.9 Å². The van der Waals surface area contributed by atoms with Crippen molar-refractivity contribution in [3.8, 4) is 11.1 Å². The minimum absolute atomic E-state index is 0.278. The molecule has 0 aliphatic heterocycles. The molecule has 0 aliphatic rings. The third-order valence-corrected chi connectivity index (χ3v) is 3.64. The van der Waals surface area contributed by atoms with Gasteiger partial charge in [-0.05, 0) is 23.9 Å². The van der Waals surface area contributed by atoms with Crippen molar-refractivity contribution >= 4 is 23.2 Å². The molecule has 1 atom stereocenters. The number of carbonyl (C=O) groups is 2. The van der Waals surface area contributed by atoms with Crippen LogP contribution in [0.5, 0.6) is 0 Å². The smallest absolute Gasteiger partial charge is 0.262 e. The summed E-state index contributed by atoms with van der Waals surface area (Å²) in [6.07, 6.45) is 0. The van der Waals surface area contributed by atoms with E-state index in [9.17, 15) is 9.59 Å². The Balaban J connectivity index is 2.25. The molecule has 4 nitrogen and oxygen atoms in total. The second kappa shape index (κ2) is 5.67. The summed E-state index contributed by atoms with van der Waals surface area (Å²) in [7, 11) is 0. The van der Waals surface area contributed by atoms with Crippen molar-refractivity contribution in [3.63, 3.8) is 0 Å². The lowest BCUT2D eigenvalue weighted by Gasteiger charge is -2.10. The van der Waals surface area contributed by atoms with Crippen molar-refractivity contribution in [3.05, 3.63) is 46.7 Å². The number of nitrogens with two attached hydrogens (primary N) is 1. The van der Waals surface area contributed by atoms with Crippen LogP contribution < -0.4 is 11.1 Å². The SMILES string of the molecule is CC(NC(=O)c1sccc1-c1ccccc1)C(N)=O. The number of carbonyl (C=O) groups excluding carboxylic acids is 2. The topological polar surface area (TPSA) is 72.2 Å². The lowest BCUT2D eigenvalue weighted by Crippen LogP contribution is -2.42. The van der Waals surface area contributed by atoms with Crippen molar-refractivity contribution in [2.24, 2.45) is 5.73 Å². The van der Waals surface area contributed by atoms with E-state index in [1.54, 1.807) is 6.92 Å². The fraction of sp³-hybridized carbons (Fsp3) is 0.143. The predicted octanol–water partition coefficient (Wildman–Crippen LogP) is 2.02. The Hall–Kier alpha value is -2.14. The average molecular weight is 274 g/mol. The number of benzene rings is 1. The maximum Gasteiger partial charge on any atom is 0.262 e. The molecule has 19 heavy (non-hydrogen) atoms. The molecule has 5 heteroatoms. The van der Waals surface area contributed by atoms with E-state index in [-0.39, 0.29) is 5.91 Å². The molecule has 2 rings (SSSR count). The first-order chi connectivity index (χ1) is 9.09. The number of amides is 2. The van der Waals surface area contributed by atoms with Crippen molar-refractivity contribution in [1.29, 1.82) is 0 Å². The van der Waals surface area contributed by atoms with Crippen LogP contribution in [0.15, 0.2) is 41.8 Å². The van der Waals surface area contributed by atoms with Gasteiger partial charge in [0, 0.05) is 5.56 Å². The van der Waals surface area contributed by atoms with Gasteiger partial charge < -0.3 is 11.1 Å². The number of hydrogen-bond acceptors (Lipinski definition) is 3. The van der Waals surface area contributed by atoms with Crippen LogP contribution in [0.4, 0.5) is 0 Å². The van der Waals surface area contributed by atoms with E-state index in [0.29, 0.717) is 4.88 Å². The second-order valence-corrected chi connectivity index (χ2v) is 5.04. The minimum atomic E-state index is -0.682. The highest BCUT2D eigenvalue weighted by atomic mass is 32.1. The van der Waals surface area contributed by atoms with Crippen LogP contribution in [0.1, 0.15) is 16.6 Å². The predicted molar refractivity (Wildman–Crippen MR) is 75.9 cm³/mol. The van der Waals surface area contributed by atoms with E-state index in [1.165, 1.54) is 11.3 Å². The summed E-state index contributed by atoms with van der Waals surface area (Å²) in [4.78, 5) is 23.7. The Morgan fingerprint density at radius 2 is 1.89 bits per heavy atom. The quantitative estimate of drug-likeness (QED) is 0.895. The number of primary amides is 1. The van der Waals surface area contributed by atoms with E-state index in [2.05, 4.69) is 5.32 Å². The molecular weight excluding hydrogens is 260 g/mol. The Labute approximate surface area is 115 Å². The molecule has 0 saturated heterocycles. The zero-order chi connectivity index (χ0) is 13.8. The molecule has 2 aromatic rings. The van der Waals surface area contributed by atoms with Crippen LogP contribution in [-0.2, 0) is 4.79 Å². The van der Waals surface area contributed by atoms with Crippen molar-refractivity contribution in [1.82, 2.24) is 5.32 Å². The summed E-state index contributed by atoms with van der Waals surface area (Å²) in [5, 5.41) is 4.44. The van der Waals surface area contributed by atoms with Gasteiger partial charge in [0.2, 0.25) is 5.91 Å². The van der Waals surface area contributed by atoms with Crippen molar-refractivity contribution in [2.45, 2.75) is 13.0 Å². The monoisotopic (exact) mass is 274 g/mol. The molecule has 1 unspecified atom stereocenters. The van der Waals surface area contributed by atoms with Crippen molar-refractivity contribution < 1.29 is 9.59 Å². The lowest BCUT2D eigenvalue weighted by atomic mass is 10.1. The van der Waals surface area contributed by atoms with Crippen LogP contribution >= 0.6 is 11.3 Å². The third kappa shape index (κ3) is 3.00. The van der Waals surface area contributed by atoms with Gasteiger partial charge in [0.25, 0.3) is 5.91 Å². The number of thiophene rings is 1. The van der Waals surface area contributed by atoms with Gasteiger partial charge in [0.05, 0.1) is 4.88 Å². The van der Waals surface area contributed by atoms with Gasteiger partial charge >= 0.3 is 0 Å². The van der Waals surface area contributed by atoms with Crippen LogP contribution in [0, 0.1) is 0 Å². The molecule has 1 aromatic carbocycles. The van der Waals surface area contributed by atoms with Gasteiger partial charge in [-0.3, -0.25) is 9.59 Å². The van der Waals surface area contributed by atoms with Crippen LogP contribution in [0.25, 0.3) is 11.1 Å². The molecule has 0 radical (unpaired) electrons. The van der Waals surface area contributed by atoms with E-state index in [4.69, 9.17) is 5.73 Å². The fourth-order valence-electron chi connectivity index (χ4n) is 1.66. The highest BCUT2D eigenvalue weighted by Gasteiger charge is 2.18. The molecular formula is C14H14N2O2S. The standard InChI is InChI=1S/C14H14N2O2S/c1-9(13(15)17)16-14(18)12-11(7-8-19-12)10-5-3-2-4-6-10/h2-9H,1H3,(H2,15,17)(H,16,18). The molecule has 0 saturated carbocycles. The van der Waals surface area contributed by atoms with Crippen molar-refractivity contribution in [2.75, 3.05) is 0 Å². The Morgan fingerprint density at radius 1 is 1.21 bits per heavy atom. The molecule has 98 valence electrons. The maximum absolute atomic E-state index is 12.1. The first kappa shape index (κ1) is 13.3. The summed E-state index contributed by atoms with van der Waals surface area (Å²) < 4.78 is 0. The molecule has 2 amide bonds. The molecule has 0 fully saturated rings. The third-order valence-electron chi connectivity index (χ3n) is 2.73. The molecule has 3 N–H and O–H groups in total. The van der Waals surface area contributed by atoms with Gasteiger partial charge in [0.1, 0.15) is 6.04 Å². The first-order valence-electron chi connectivity index (χ1n) is 5.82. The summed E-state index contributed by atoms with van der Waals surface area (Å²) in [5.74, 6) is -0.827. The van der Waals surface area contributed by atoms with Gasteiger partial charge in [-0.1, -0.05) is 30.3 Å². The molecule has 0 aliphatic carbocycles. The fourth-order valence-corrected chi connectivity index (χ4v) is 2.48. The molecule has 1 heterocycles.